The summed E-state index contributed by atoms with van der Waals surface area (Å²) in [5.41, 5.74) is 0. The molecule has 3 rings (SSSR count). The number of rotatable bonds is 5. The Bertz CT molecular complexity index is 665. The fourth-order valence-corrected chi connectivity index (χ4v) is 3.17. The van der Waals surface area contributed by atoms with Crippen LogP contribution in [-0.2, 0) is 0 Å². The number of fused-ring (bicyclic) bond motifs is 1. The van der Waals surface area contributed by atoms with E-state index in [4.69, 9.17) is 0 Å². The molecule has 1 saturated carbocycles. The van der Waals surface area contributed by atoms with Gasteiger partial charge < -0.3 is 10.6 Å². The zero-order valence-electron chi connectivity index (χ0n) is 13.0. The average Bonchev–Trinajstić information content (AvgIpc) is 2.79. The molecule has 0 bridgehead atoms. The number of halogens is 1. The standard InChI is InChI=1S/C15H21BrN6O/c16-11-9-19-15-20-13(21-22(15)10-11)14(23)18-8-7-17-12-5-3-1-2-4-6-12/h9-10,12,17H,1-8H2,(H,18,23). The first-order valence-corrected chi connectivity index (χ1v) is 8.91. The number of hydrogen-bond acceptors (Lipinski definition) is 5. The number of nitrogens with one attached hydrogen (secondary N) is 2. The topological polar surface area (TPSA) is 84.2 Å². The molecule has 7 nitrogen and oxygen atoms in total. The molecule has 0 radical (unpaired) electrons. The minimum absolute atomic E-state index is 0.144. The number of carbonyl (C=O) groups excluding carboxylic acids is 1. The van der Waals surface area contributed by atoms with E-state index in [1.807, 2.05) is 0 Å². The normalized spacial score (nSPS) is 16.4. The Hall–Kier alpha value is -1.54. The monoisotopic (exact) mass is 380 g/mol. The van der Waals surface area contributed by atoms with Crippen LogP contribution in [0.4, 0.5) is 0 Å². The molecule has 2 aromatic rings. The molecule has 124 valence electrons. The molecule has 8 heteroatoms. The first-order chi connectivity index (χ1) is 11.2. The van der Waals surface area contributed by atoms with Crippen LogP contribution in [0.5, 0.6) is 0 Å². The molecular formula is C15H21BrN6O. The number of aromatic nitrogens is 4. The van der Waals surface area contributed by atoms with Crippen LogP contribution in [0.3, 0.4) is 0 Å². The van der Waals surface area contributed by atoms with Gasteiger partial charge in [0.25, 0.3) is 11.7 Å². The second-order valence-electron chi connectivity index (χ2n) is 5.85. The molecule has 0 unspecified atom stereocenters. The van der Waals surface area contributed by atoms with Gasteiger partial charge in [0.15, 0.2) is 0 Å². The van der Waals surface area contributed by atoms with Gasteiger partial charge in [-0.2, -0.15) is 4.98 Å². The molecule has 0 atom stereocenters. The van der Waals surface area contributed by atoms with Gasteiger partial charge in [-0.25, -0.2) is 9.50 Å². The minimum atomic E-state index is -0.269. The highest BCUT2D eigenvalue weighted by molar-refractivity contribution is 9.10. The van der Waals surface area contributed by atoms with Gasteiger partial charge in [0.2, 0.25) is 5.82 Å². The summed E-state index contributed by atoms with van der Waals surface area (Å²) in [5, 5.41) is 10.5. The average molecular weight is 381 g/mol. The van der Waals surface area contributed by atoms with Gasteiger partial charge in [0.1, 0.15) is 0 Å². The summed E-state index contributed by atoms with van der Waals surface area (Å²) >= 11 is 3.31. The van der Waals surface area contributed by atoms with E-state index in [1.54, 1.807) is 12.4 Å². The van der Waals surface area contributed by atoms with Crippen LogP contribution in [0, 0.1) is 0 Å². The van der Waals surface area contributed by atoms with Crippen LogP contribution in [0.25, 0.3) is 5.78 Å². The van der Waals surface area contributed by atoms with Crippen molar-refractivity contribution in [2.45, 2.75) is 44.6 Å². The Labute approximate surface area is 143 Å². The molecule has 0 spiro atoms. The van der Waals surface area contributed by atoms with Gasteiger partial charge in [0, 0.05) is 31.5 Å². The third-order valence-electron chi connectivity index (χ3n) is 4.06. The predicted octanol–water partition coefficient (Wildman–Crippen LogP) is 1.93. The van der Waals surface area contributed by atoms with Crippen LogP contribution < -0.4 is 10.6 Å². The van der Waals surface area contributed by atoms with Crippen LogP contribution in [0.15, 0.2) is 16.9 Å². The Morgan fingerprint density at radius 2 is 2.04 bits per heavy atom. The Morgan fingerprint density at radius 3 is 2.83 bits per heavy atom. The molecule has 2 aromatic heterocycles. The van der Waals surface area contributed by atoms with Crippen molar-refractivity contribution in [2.24, 2.45) is 0 Å². The first-order valence-electron chi connectivity index (χ1n) is 8.12. The molecule has 0 saturated heterocycles. The van der Waals surface area contributed by atoms with Crippen molar-refractivity contribution in [3.63, 3.8) is 0 Å². The van der Waals surface area contributed by atoms with Crippen molar-refractivity contribution in [1.82, 2.24) is 30.2 Å². The largest absolute Gasteiger partial charge is 0.348 e. The molecule has 1 amide bonds. The lowest BCUT2D eigenvalue weighted by molar-refractivity contribution is 0.0943. The molecule has 23 heavy (non-hydrogen) atoms. The summed E-state index contributed by atoms with van der Waals surface area (Å²) in [6.07, 6.45) is 11.1. The van der Waals surface area contributed by atoms with Crippen molar-refractivity contribution < 1.29 is 4.79 Å². The summed E-state index contributed by atoms with van der Waals surface area (Å²) in [5.74, 6) is 0.286. The molecule has 2 N–H and O–H groups in total. The smallest absolute Gasteiger partial charge is 0.291 e. The van der Waals surface area contributed by atoms with E-state index in [9.17, 15) is 4.79 Å². The highest BCUT2D eigenvalue weighted by Crippen LogP contribution is 2.16. The first kappa shape index (κ1) is 16.3. The van der Waals surface area contributed by atoms with Crippen molar-refractivity contribution in [1.29, 1.82) is 0 Å². The maximum atomic E-state index is 12.1. The molecular weight excluding hydrogens is 360 g/mol. The molecule has 0 aromatic carbocycles. The highest BCUT2D eigenvalue weighted by Gasteiger charge is 2.14. The summed E-state index contributed by atoms with van der Waals surface area (Å²) < 4.78 is 2.28. The van der Waals surface area contributed by atoms with Gasteiger partial charge in [-0.15, -0.1) is 5.10 Å². The number of amides is 1. The van der Waals surface area contributed by atoms with Gasteiger partial charge in [-0.3, -0.25) is 4.79 Å². The van der Waals surface area contributed by atoms with Gasteiger partial charge in [-0.1, -0.05) is 25.7 Å². The van der Waals surface area contributed by atoms with Crippen LogP contribution in [0.2, 0.25) is 0 Å². The predicted molar refractivity (Wildman–Crippen MR) is 90.3 cm³/mol. The molecule has 1 aliphatic carbocycles. The van der Waals surface area contributed by atoms with Crippen molar-refractivity contribution in [3.8, 4) is 0 Å². The fourth-order valence-electron chi connectivity index (χ4n) is 2.87. The lowest BCUT2D eigenvalue weighted by Crippen LogP contribution is -2.37. The Kier molecular flexibility index (Phi) is 5.56. The Morgan fingerprint density at radius 1 is 1.26 bits per heavy atom. The SMILES string of the molecule is O=C(NCCNC1CCCCCC1)c1nc2ncc(Br)cn2n1. The van der Waals surface area contributed by atoms with E-state index >= 15 is 0 Å². The van der Waals surface area contributed by atoms with E-state index in [1.165, 1.54) is 43.0 Å². The maximum Gasteiger partial charge on any atom is 0.291 e. The Balaban J connectivity index is 1.46. The molecule has 2 heterocycles. The quantitative estimate of drug-likeness (QED) is 0.611. The van der Waals surface area contributed by atoms with Crippen molar-refractivity contribution >= 4 is 27.6 Å². The van der Waals surface area contributed by atoms with E-state index in [2.05, 4.69) is 41.6 Å². The van der Waals surface area contributed by atoms with Crippen molar-refractivity contribution in [3.05, 3.63) is 22.7 Å². The van der Waals surface area contributed by atoms with E-state index in [0.717, 1.165) is 11.0 Å². The van der Waals surface area contributed by atoms with Crippen LogP contribution in [-0.4, -0.2) is 44.6 Å². The lowest BCUT2D eigenvalue weighted by Gasteiger charge is -2.15. The highest BCUT2D eigenvalue weighted by atomic mass is 79.9. The number of nitrogens with zero attached hydrogens (tertiary/aromatic N) is 4. The zero-order valence-corrected chi connectivity index (χ0v) is 14.5. The van der Waals surface area contributed by atoms with Crippen molar-refractivity contribution in [2.75, 3.05) is 13.1 Å². The zero-order chi connectivity index (χ0) is 16.1. The molecule has 1 fully saturated rings. The van der Waals surface area contributed by atoms with E-state index < -0.39 is 0 Å². The van der Waals surface area contributed by atoms with Gasteiger partial charge in [-0.05, 0) is 28.8 Å². The summed E-state index contributed by atoms with van der Waals surface area (Å²) in [6, 6.07) is 0.587. The second kappa shape index (κ2) is 7.83. The van der Waals surface area contributed by atoms with E-state index in [0.29, 0.717) is 18.4 Å². The van der Waals surface area contributed by atoms with E-state index in [-0.39, 0.29) is 11.7 Å². The fraction of sp³-hybridized carbons (Fsp3) is 0.600. The van der Waals surface area contributed by atoms with Gasteiger partial charge in [0.05, 0.1) is 4.47 Å². The summed E-state index contributed by atoms with van der Waals surface area (Å²) in [4.78, 5) is 20.3. The number of hydrogen-bond donors (Lipinski definition) is 2. The van der Waals surface area contributed by atoms with Gasteiger partial charge >= 0.3 is 0 Å². The molecule has 0 aliphatic heterocycles. The second-order valence-corrected chi connectivity index (χ2v) is 6.77. The third kappa shape index (κ3) is 4.48. The minimum Gasteiger partial charge on any atom is -0.348 e. The van der Waals surface area contributed by atoms with Crippen LogP contribution in [0.1, 0.15) is 49.1 Å². The summed E-state index contributed by atoms with van der Waals surface area (Å²) in [6.45, 7) is 1.34. The lowest BCUT2D eigenvalue weighted by atomic mass is 10.1. The van der Waals surface area contributed by atoms with Crippen LogP contribution >= 0.6 is 15.9 Å². The third-order valence-corrected chi connectivity index (χ3v) is 4.47. The summed E-state index contributed by atoms with van der Waals surface area (Å²) in [7, 11) is 0. The number of carbonyl (C=O) groups is 1. The molecule has 1 aliphatic rings. The maximum absolute atomic E-state index is 12.1.